The van der Waals surface area contributed by atoms with Crippen molar-refractivity contribution in [2.75, 3.05) is 6.54 Å². The minimum Gasteiger partial charge on any atom is -0.459 e. The van der Waals surface area contributed by atoms with Gasteiger partial charge in [0, 0.05) is 21.5 Å². The molecule has 2 aromatic carbocycles. The van der Waals surface area contributed by atoms with Crippen LogP contribution in [0.2, 0.25) is 0 Å². The summed E-state index contributed by atoms with van der Waals surface area (Å²) in [6.07, 6.45) is 0. The Balaban J connectivity index is 1.47. The topological polar surface area (TPSA) is 106 Å². The Labute approximate surface area is 191 Å². The number of benzene rings is 2. The lowest BCUT2D eigenvalue weighted by Gasteiger charge is -2.22. The number of hydrogen-bond donors (Lipinski definition) is 1. The van der Waals surface area contributed by atoms with Gasteiger partial charge in [0.2, 0.25) is 0 Å². The van der Waals surface area contributed by atoms with Crippen LogP contribution in [0.1, 0.15) is 23.6 Å². The van der Waals surface area contributed by atoms with Crippen molar-refractivity contribution in [1.82, 2.24) is 10.2 Å². The van der Waals surface area contributed by atoms with E-state index in [0.29, 0.717) is 22.1 Å². The molecule has 0 bridgehead atoms. The van der Waals surface area contributed by atoms with Gasteiger partial charge in [-0.3, -0.25) is 14.5 Å². The Hall–Kier alpha value is -3.46. The summed E-state index contributed by atoms with van der Waals surface area (Å²) in [5.74, 6) is -1.32. The maximum Gasteiger partial charge on any atom is 0.336 e. The predicted octanol–water partition coefficient (Wildman–Crippen LogP) is 3.37. The van der Waals surface area contributed by atoms with Gasteiger partial charge in [-0.05, 0) is 37.6 Å². The summed E-state index contributed by atoms with van der Waals surface area (Å²) in [6.45, 7) is 2.76. The molecule has 0 saturated carbocycles. The lowest BCUT2D eigenvalue weighted by Crippen LogP contribution is -2.41. The lowest BCUT2D eigenvalue weighted by molar-refractivity contribution is -0.148. The summed E-state index contributed by atoms with van der Waals surface area (Å²) in [6, 6.07) is 12.9. The van der Waals surface area contributed by atoms with Crippen LogP contribution in [0.25, 0.3) is 11.0 Å². The van der Waals surface area contributed by atoms with Gasteiger partial charge < -0.3 is 14.5 Å². The molecule has 1 saturated heterocycles. The van der Waals surface area contributed by atoms with Crippen molar-refractivity contribution in [2.24, 2.45) is 0 Å². The SMILES string of the molecule is Cc1ccc([C@]2(C)NC(=O)N(CC(=O)OCc3cc(=O)oc4cc(Br)ccc34)C2=O)cc1. The van der Waals surface area contributed by atoms with Crippen LogP contribution in [-0.4, -0.2) is 29.4 Å². The van der Waals surface area contributed by atoms with E-state index in [-0.39, 0.29) is 6.61 Å². The molecule has 1 fully saturated rings. The lowest BCUT2D eigenvalue weighted by atomic mass is 9.91. The quantitative estimate of drug-likeness (QED) is 0.328. The van der Waals surface area contributed by atoms with E-state index >= 15 is 0 Å². The number of ether oxygens (including phenoxy) is 1. The molecule has 3 amide bonds. The van der Waals surface area contributed by atoms with Gasteiger partial charge in [-0.2, -0.15) is 0 Å². The van der Waals surface area contributed by atoms with Crippen LogP contribution in [0.3, 0.4) is 0 Å². The second-order valence-electron chi connectivity index (χ2n) is 7.70. The fraction of sp³-hybridized carbons (Fsp3) is 0.217. The number of fused-ring (bicyclic) bond motifs is 1. The van der Waals surface area contributed by atoms with Gasteiger partial charge in [0.15, 0.2) is 0 Å². The van der Waals surface area contributed by atoms with Crippen LogP contribution >= 0.6 is 15.9 Å². The summed E-state index contributed by atoms with van der Waals surface area (Å²) < 4.78 is 11.2. The Kier molecular flexibility index (Phi) is 5.60. The maximum atomic E-state index is 13.0. The molecule has 3 aromatic rings. The van der Waals surface area contributed by atoms with Gasteiger partial charge in [-0.25, -0.2) is 9.59 Å². The molecule has 0 spiro atoms. The zero-order chi connectivity index (χ0) is 23.0. The number of nitrogens with one attached hydrogen (secondary N) is 1. The van der Waals surface area contributed by atoms with Gasteiger partial charge >= 0.3 is 17.6 Å². The number of imide groups is 1. The summed E-state index contributed by atoms with van der Waals surface area (Å²) in [7, 11) is 0. The average Bonchev–Trinajstić information content (AvgIpc) is 2.95. The van der Waals surface area contributed by atoms with Gasteiger partial charge in [0.25, 0.3) is 5.91 Å². The van der Waals surface area contributed by atoms with Gasteiger partial charge in [0.1, 0.15) is 24.3 Å². The van der Waals surface area contributed by atoms with E-state index in [1.165, 1.54) is 6.07 Å². The molecule has 4 rings (SSSR count). The van der Waals surface area contributed by atoms with Crippen molar-refractivity contribution >= 4 is 44.8 Å². The molecule has 0 aliphatic carbocycles. The van der Waals surface area contributed by atoms with E-state index in [4.69, 9.17) is 9.15 Å². The molecule has 0 unspecified atom stereocenters. The number of esters is 1. The third kappa shape index (κ3) is 4.03. The van der Waals surface area contributed by atoms with E-state index in [1.807, 2.05) is 19.1 Å². The minimum absolute atomic E-state index is 0.207. The van der Waals surface area contributed by atoms with E-state index in [2.05, 4.69) is 21.2 Å². The van der Waals surface area contributed by atoms with Crippen LogP contribution in [0.5, 0.6) is 0 Å². The van der Waals surface area contributed by atoms with Crippen molar-refractivity contribution < 1.29 is 23.5 Å². The Bertz CT molecular complexity index is 1300. The van der Waals surface area contributed by atoms with Crippen molar-refractivity contribution in [3.63, 3.8) is 0 Å². The summed E-state index contributed by atoms with van der Waals surface area (Å²) in [4.78, 5) is 50.5. The molecule has 164 valence electrons. The van der Waals surface area contributed by atoms with Crippen molar-refractivity contribution in [3.8, 4) is 0 Å². The molecule has 9 heteroatoms. The molecular weight excluding hydrogens is 480 g/mol. The number of amides is 3. The zero-order valence-corrected chi connectivity index (χ0v) is 18.9. The second-order valence-corrected chi connectivity index (χ2v) is 8.62. The molecule has 1 aliphatic rings. The van der Waals surface area contributed by atoms with Crippen LogP contribution < -0.4 is 10.9 Å². The Morgan fingerprint density at radius 1 is 1.12 bits per heavy atom. The molecule has 1 atom stereocenters. The number of aryl methyl sites for hydroxylation is 1. The van der Waals surface area contributed by atoms with Crippen LogP contribution in [0.15, 0.2) is 62.2 Å². The molecule has 0 radical (unpaired) electrons. The smallest absolute Gasteiger partial charge is 0.336 e. The standard InChI is InChI=1S/C23H19BrN2O6/c1-13-3-5-15(6-4-13)23(2)21(29)26(22(30)25-23)11-20(28)31-12-14-9-19(27)32-18-10-16(24)7-8-17(14)18/h3-10H,11-12H2,1-2H3,(H,25,30)/t23-/m0/s1. The number of urea groups is 1. The number of hydrogen-bond acceptors (Lipinski definition) is 6. The first-order chi connectivity index (χ1) is 15.2. The molecule has 1 aromatic heterocycles. The summed E-state index contributed by atoms with van der Waals surface area (Å²) in [5, 5.41) is 3.27. The number of halogens is 1. The molecule has 32 heavy (non-hydrogen) atoms. The van der Waals surface area contributed by atoms with E-state index in [1.54, 1.807) is 37.3 Å². The van der Waals surface area contributed by atoms with Gasteiger partial charge in [0.05, 0.1) is 0 Å². The third-order valence-corrected chi connectivity index (χ3v) is 5.87. The first-order valence-corrected chi connectivity index (χ1v) is 10.6. The predicted molar refractivity (Wildman–Crippen MR) is 119 cm³/mol. The third-order valence-electron chi connectivity index (χ3n) is 5.37. The van der Waals surface area contributed by atoms with E-state index < -0.39 is 35.6 Å². The fourth-order valence-corrected chi connectivity index (χ4v) is 3.92. The van der Waals surface area contributed by atoms with Crippen LogP contribution in [0.4, 0.5) is 4.79 Å². The van der Waals surface area contributed by atoms with Crippen molar-refractivity contribution in [2.45, 2.75) is 26.0 Å². The van der Waals surface area contributed by atoms with Gasteiger partial charge in [-0.15, -0.1) is 0 Å². The highest BCUT2D eigenvalue weighted by Crippen LogP contribution is 2.29. The first kappa shape index (κ1) is 21.8. The number of carbonyl (C=O) groups excluding carboxylic acids is 3. The zero-order valence-electron chi connectivity index (χ0n) is 17.3. The highest BCUT2D eigenvalue weighted by Gasteiger charge is 2.49. The van der Waals surface area contributed by atoms with E-state index in [0.717, 1.165) is 14.9 Å². The number of carbonyl (C=O) groups is 3. The highest BCUT2D eigenvalue weighted by molar-refractivity contribution is 9.10. The van der Waals surface area contributed by atoms with Gasteiger partial charge in [-0.1, -0.05) is 45.8 Å². The fourth-order valence-electron chi connectivity index (χ4n) is 3.58. The average molecular weight is 499 g/mol. The largest absolute Gasteiger partial charge is 0.459 e. The van der Waals surface area contributed by atoms with Crippen LogP contribution in [-0.2, 0) is 26.5 Å². The number of rotatable bonds is 5. The maximum absolute atomic E-state index is 13.0. The molecule has 1 N–H and O–H groups in total. The summed E-state index contributed by atoms with van der Waals surface area (Å²) >= 11 is 3.31. The monoisotopic (exact) mass is 498 g/mol. The minimum atomic E-state index is -1.27. The summed E-state index contributed by atoms with van der Waals surface area (Å²) in [5.41, 5.74) is 0.590. The molecular formula is C23H19BrN2O6. The molecule has 1 aliphatic heterocycles. The molecule has 2 heterocycles. The normalized spacial score (nSPS) is 18.2. The first-order valence-electron chi connectivity index (χ1n) is 9.76. The van der Waals surface area contributed by atoms with Crippen LogP contribution in [0, 0.1) is 6.92 Å². The second kappa shape index (κ2) is 8.23. The molecule has 8 nitrogen and oxygen atoms in total. The van der Waals surface area contributed by atoms with Crippen molar-refractivity contribution in [1.29, 1.82) is 0 Å². The Morgan fingerprint density at radius 2 is 1.84 bits per heavy atom. The number of nitrogens with zero attached hydrogens (tertiary/aromatic N) is 1. The van der Waals surface area contributed by atoms with Crippen molar-refractivity contribution in [3.05, 3.63) is 80.1 Å². The highest BCUT2D eigenvalue weighted by atomic mass is 79.9. The Morgan fingerprint density at radius 3 is 2.56 bits per heavy atom. The van der Waals surface area contributed by atoms with E-state index in [9.17, 15) is 19.2 Å².